The van der Waals surface area contributed by atoms with Gasteiger partial charge in [-0.15, -0.1) is 0 Å². The van der Waals surface area contributed by atoms with Crippen LogP contribution in [0.2, 0.25) is 0 Å². The lowest BCUT2D eigenvalue weighted by Gasteiger charge is -2.17. The molecule has 0 spiro atoms. The molecule has 0 radical (unpaired) electrons. The zero-order chi connectivity index (χ0) is 15.1. The lowest BCUT2D eigenvalue weighted by molar-refractivity contribution is -0.139. The molecule has 0 aliphatic rings. The summed E-state index contributed by atoms with van der Waals surface area (Å²) in [6.07, 6.45) is 2.49. The second-order valence-electron chi connectivity index (χ2n) is 5.43. The van der Waals surface area contributed by atoms with Crippen LogP contribution in [-0.2, 0) is 16.0 Å². The number of carbonyl (C=O) groups excluding carboxylic acids is 1. The Bertz CT molecular complexity index is 450. The summed E-state index contributed by atoms with van der Waals surface area (Å²) < 4.78 is 10.6. The van der Waals surface area contributed by atoms with Crippen LogP contribution >= 0.6 is 0 Å². The molecule has 1 aromatic carbocycles. The van der Waals surface area contributed by atoms with Crippen molar-refractivity contribution in [2.75, 3.05) is 13.7 Å². The molecule has 0 N–H and O–H groups in total. The van der Waals surface area contributed by atoms with E-state index >= 15 is 0 Å². The highest BCUT2D eigenvalue weighted by Crippen LogP contribution is 2.30. The number of rotatable bonds is 7. The molecular weight excluding hydrogens is 252 g/mol. The van der Waals surface area contributed by atoms with Crippen molar-refractivity contribution in [2.24, 2.45) is 0 Å². The van der Waals surface area contributed by atoms with Crippen LogP contribution in [0, 0.1) is 6.92 Å². The number of carbonyl (C=O) groups is 1. The van der Waals surface area contributed by atoms with Crippen molar-refractivity contribution in [1.29, 1.82) is 0 Å². The summed E-state index contributed by atoms with van der Waals surface area (Å²) in [5.74, 6) is 1.10. The lowest BCUT2D eigenvalue weighted by Crippen LogP contribution is -2.08. The zero-order valence-corrected chi connectivity index (χ0v) is 13.3. The standard InChI is InChI=1S/C17H26O3/c1-6-7-8-20-16-9-13(4)14(11-17(18)19-5)10-15(16)12(2)3/h9-10,12H,6-8,11H2,1-5H3. The van der Waals surface area contributed by atoms with E-state index in [2.05, 4.69) is 26.8 Å². The van der Waals surface area contributed by atoms with E-state index in [9.17, 15) is 4.79 Å². The van der Waals surface area contributed by atoms with E-state index in [1.165, 1.54) is 7.11 Å². The summed E-state index contributed by atoms with van der Waals surface area (Å²) in [5, 5.41) is 0. The fourth-order valence-corrected chi connectivity index (χ4v) is 2.07. The topological polar surface area (TPSA) is 35.5 Å². The molecule has 1 aromatic rings. The Labute approximate surface area is 122 Å². The summed E-state index contributed by atoms with van der Waals surface area (Å²) in [7, 11) is 1.42. The van der Waals surface area contributed by atoms with Gasteiger partial charge in [0.1, 0.15) is 5.75 Å². The highest BCUT2D eigenvalue weighted by molar-refractivity contribution is 5.73. The minimum Gasteiger partial charge on any atom is -0.493 e. The van der Waals surface area contributed by atoms with E-state index in [1.54, 1.807) is 0 Å². The van der Waals surface area contributed by atoms with Gasteiger partial charge in [-0.05, 0) is 42.0 Å². The van der Waals surface area contributed by atoms with Crippen LogP contribution in [0.5, 0.6) is 5.75 Å². The van der Waals surface area contributed by atoms with Crippen molar-refractivity contribution in [3.05, 3.63) is 28.8 Å². The second-order valence-corrected chi connectivity index (χ2v) is 5.43. The minimum absolute atomic E-state index is 0.206. The monoisotopic (exact) mass is 278 g/mol. The third-order valence-corrected chi connectivity index (χ3v) is 3.41. The summed E-state index contributed by atoms with van der Waals surface area (Å²) >= 11 is 0. The van der Waals surface area contributed by atoms with Crippen molar-refractivity contribution < 1.29 is 14.3 Å². The molecule has 0 atom stereocenters. The maximum Gasteiger partial charge on any atom is 0.309 e. The van der Waals surface area contributed by atoms with E-state index in [4.69, 9.17) is 9.47 Å². The molecule has 112 valence electrons. The van der Waals surface area contributed by atoms with E-state index in [1.807, 2.05) is 13.0 Å². The number of methoxy groups -OCH3 is 1. The largest absolute Gasteiger partial charge is 0.493 e. The molecule has 3 nitrogen and oxygen atoms in total. The average molecular weight is 278 g/mol. The molecule has 0 amide bonds. The van der Waals surface area contributed by atoms with Gasteiger partial charge in [-0.2, -0.15) is 0 Å². The van der Waals surface area contributed by atoms with Crippen LogP contribution in [0.4, 0.5) is 0 Å². The number of aryl methyl sites for hydroxylation is 1. The van der Waals surface area contributed by atoms with Crippen molar-refractivity contribution in [1.82, 2.24) is 0 Å². The molecule has 0 aliphatic carbocycles. The zero-order valence-electron chi connectivity index (χ0n) is 13.3. The maximum atomic E-state index is 11.5. The first-order valence-corrected chi connectivity index (χ1v) is 7.32. The fourth-order valence-electron chi connectivity index (χ4n) is 2.07. The molecule has 0 fully saturated rings. The summed E-state index contributed by atoms with van der Waals surface area (Å²) in [4.78, 5) is 11.5. The third-order valence-electron chi connectivity index (χ3n) is 3.41. The van der Waals surface area contributed by atoms with Crippen LogP contribution in [0.25, 0.3) is 0 Å². The fraction of sp³-hybridized carbons (Fsp3) is 0.588. The van der Waals surface area contributed by atoms with Crippen LogP contribution in [0.1, 0.15) is 56.2 Å². The molecule has 1 rings (SSSR count). The summed E-state index contributed by atoms with van der Waals surface area (Å²) in [6.45, 7) is 9.18. The van der Waals surface area contributed by atoms with Gasteiger partial charge in [-0.25, -0.2) is 0 Å². The van der Waals surface area contributed by atoms with Gasteiger partial charge in [0, 0.05) is 0 Å². The minimum atomic E-state index is -0.206. The predicted octanol–water partition coefficient (Wildman–Crippen LogP) is 4.01. The SMILES string of the molecule is CCCCOc1cc(C)c(CC(=O)OC)cc1C(C)C. The second kappa shape index (κ2) is 7.93. The number of hydrogen-bond donors (Lipinski definition) is 0. The quantitative estimate of drug-likeness (QED) is 0.558. The van der Waals surface area contributed by atoms with E-state index < -0.39 is 0 Å². The molecular formula is C17H26O3. The first-order valence-electron chi connectivity index (χ1n) is 7.32. The Morgan fingerprint density at radius 1 is 1.30 bits per heavy atom. The van der Waals surface area contributed by atoms with Gasteiger partial charge < -0.3 is 9.47 Å². The van der Waals surface area contributed by atoms with Crippen LogP contribution in [0.15, 0.2) is 12.1 Å². The van der Waals surface area contributed by atoms with E-state index in [0.29, 0.717) is 12.3 Å². The van der Waals surface area contributed by atoms with Crippen molar-refractivity contribution >= 4 is 5.97 Å². The molecule has 0 saturated carbocycles. The van der Waals surface area contributed by atoms with Crippen molar-refractivity contribution in [2.45, 2.75) is 52.9 Å². The molecule has 20 heavy (non-hydrogen) atoms. The molecule has 0 unspecified atom stereocenters. The van der Waals surface area contributed by atoms with Gasteiger partial charge in [-0.1, -0.05) is 33.3 Å². The smallest absolute Gasteiger partial charge is 0.309 e. The van der Waals surface area contributed by atoms with E-state index in [-0.39, 0.29) is 5.97 Å². The molecule has 0 aliphatic heterocycles. The Kier molecular flexibility index (Phi) is 6.56. The van der Waals surface area contributed by atoms with Gasteiger partial charge in [-0.3, -0.25) is 4.79 Å². The lowest BCUT2D eigenvalue weighted by atomic mass is 9.95. The highest BCUT2D eigenvalue weighted by atomic mass is 16.5. The number of benzene rings is 1. The predicted molar refractivity (Wildman–Crippen MR) is 81.4 cm³/mol. The number of ether oxygens (including phenoxy) is 2. The Hall–Kier alpha value is -1.51. The molecule has 0 heterocycles. The maximum absolute atomic E-state index is 11.5. The van der Waals surface area contributed by atoms with Crippen LogP contribution < -0.4 is 4.74 Å². The number of esters is 1. The summed E-state index contributed by atoms with van der Waals surface area (Å²) in [5.41, 5.74) is 3.25. The molecule has 0 aromatic heterocycles. The van der Waals surface area contributed by atoms with Gasteiger partial charge in [0.05, 0.1) is 20.1 Å². The van der Waals surface area contributed by atoms with E-state index in [0.717, 1.165) is 41.9 Å². The van der Waals surface area contributed by atoms with Gasteiger partial charge in [0.2, 0.25) is 0 Å². The van der Waals surface area contributed by atoms with Gasteiger partial charge in [0.25, 0.3) is 0 Å². The van der Waals surface area contributed by atoms with Gasteiger partial charge in [0.15, 0.2) is 0 Å². The number of hydrogen-bond acceptors (Lipinski definition) is 3. The van der Waals surface area contributed by atoms with Crippen molar-refractivity contribution in [3.8, 4) is 5.75 Å². The highest BCUT2D eigenvalue weighted by Gasteiger charge is 2.14. The first kappa shape index (κ1) is 16.5. The van der Waals surface area contributed by atoms with Crippen molar-refractivity contribution in [3.63, 3.8) is 0 Å². The Morgan fingerprint density at radius 3 is 2.55 bits per heavy atom. The molecule has 0 bridgehead atoms. The third kappa shape index (κ3) is 4.55. The number of unbranched alkanes of at least 4 members (excludes halogenated alkanes) is 1. The summed E-state index contributed by atoms with van der Waals surface area (Å²) in [6, 6.07) is 4.13. The Morgan fingerprint density at radius 2 is 2.00 bits per heavy atom. The first-order chi connectivity index (χ1) is 9.49. The van der Waals surface area contributed by atoms with Gasteiger partial charge >= 0.3 is 5.97 Å². The normalized spacial score (nSPS) is 10.7. The Balaban J connectivity index is 3.01. The molecule has 0 saturated heterocycles. The van der Waals surface area contributed by atoms with Crippen LogP contribution in [-0.4, -0.2) is 19.7 Å². The average Bonchev–Trinajstić information content (AvgIpc) is 2.41. The molecule has 3 heteroatoms. The van der Waals surface area contributed by atoms with Crippen LogP contribution in [0.3, 0.4) is 0 Å².